The normalized spacial score (nSPS) is 26.6. The van der Waals surface area contributed by atoms with Gasteiger partial charge in [0.1, 0.15) is 0 Å². The number of carbonyl (C=O) groups is 1. The first-order valence-corrected chi connectivity index (χ1v) is 8.18. The van der Waals surface area contributed by atoms with Crippen molar-refractivity contribution in [2.75, 3.05) is 7.05 Å². The molecule has 0 aliphatic carbocycles. The molecule has 24 heavy (non-hydrogen) atoms. The number of rotatable bonds is 3. The molecular formula is C16H19N5O3. The van der Waals surface area contributed by atoms with E-state index in [9.17, 15) is 14.9 Å². The number of H-pyrrole nitrogens is 1. The van der Waals surface area contributed by atoms with E-state index < -0.39 is 4.92 Å². The minimum Gasteiger partial charge on any atom is -0.348 e. The standard InChI is InChI=1S/C16H19N5O3/c1-20-10-2-3-11(20)7-9(6-10)17-16(22)15-13-5-4-12(21(23)24)8-14(13)18-19-15/h4-5,8-11H,2-3,6-7H2,1H3,(H,17,22)(H,18,19). The van der Waals surface area contributed by atoms with Crippen molar-refractivity contribution in [2.45, 2.75) is 43.8 Å². The summed E-state index contributed by atoms with van der Waals surface area (Å²) in [6, 6.07) is 5.63. The number of amides is 1. The third kappa shape index (κ3) is 2.43. The summed E-state index contributed by atoms with van der Waals surface area (Å²) in [6.45, 7) is 0. The van der Waals surface area contributed by atoms with Crippen molar-refractivity contribution in [2.24, 2.45) is 0 Å². The lowest BCUT2D eigenvalue weighted by Gasteiger charge is -2.36. The van der Waals surface area contributed by atoms with E-state index in [0.717, 1.165) is 12.8 Å². The van der Waals surface area contributed by atoms with Crippen LogP contribution in [-0.4, -0.2) is 51.1 Å². The van der Waals surface area contributed by atoms with Crippen molar-refractivity contribution < 1.29 is 9.72 Å². The zero-order chi connectivity index (χ0) is 16.8. The number of benzene rings is 1. The highest BCUT2D eigenvalue weighted by atomic mass is 16.6. The van der Waals surface area contributed by atoms with Crippen molar-refractivity contribution >= 4 is 22.5 Å². The van der Waals surface area contributed by atoms with Crippen molar-refractivity contribution in [3.8, 4) is 0 Å². The van der Waals surface area contributed by atoms with E-state index in [2.05, 4.69) is 27.5 Å². The fourth-order valence-corrected chi connectivity index (χ4v) is 4.08. The molecule has 4 rings (SSSR count). The predicted molar refractivity (Wildman–Crippen MR) is 87.8 cm³/mol. The van der Waals surface area contributed by atoms with Gasteiger partial charge in [-0.2, -0.15) is 5.10 Å². The molecule has 2 aliphatic heterocycles. The van der Waals surface area contributed by atoms with Crippen molar-refractivity contribution in [1.82, 2.24) is 20.4 Å². The molecule has 0 spiro atoms. The maximum Gasteiger partial charge on any atom is 0.272 e. The molecule has 2 bridgehead atoms. The van der Waals surface area contributed by atoms with E-state index in [4.69, 9.17) is 0 Å². The lowest BCUT2D eigenvalue weighted by molar-refractivity contribution is -0.384. The highest BCUT2D eigenvalue weighted by Gasteiger charge is 2.39. The topological polar surface area (TPSA) is 104 Å². The van der Waals surface area contributed by atoms with Gasteiger partial charge in [-0.15, -0.1) is 0 Å². The van der Waals surface area contributed by atoms with Gasteiger partial charge >= 0.3 is 0 Å². The Balaban J connectivity index is 1.53. The minimum absolute atomic E-state index is 0.0231. The molecule has 0 saturated carbocycles. The molecule has 2 atom stereocenters. The molecule has 2 aromatic rings. The summed E-state index contributed by atoms with van der Waals surface area (Å²) >= 11 is 0. The number of aromatic amines is 1. The molecule has 8 nitrogen and oxygen atoms in total. The van der Waals surface area contributed by atoms with Gasteiger partial charge in [-0.3, -0.25) is 20.0 Å². The van der Waals surface area contributed by atoms with Gasteiger partial charge in [0.25, 0.3) is 11.6 Å². The van der Waals surface area contributed by atoms with Crippen LogP contribution >= 0.6 is 0 Å². The average Bonchev–Trinajstić information content (AvgIpc) is 3.05. The first-order chi connectivity index (χ1) is 11.5. The second-order valence-corrected chi connectivity index (χ2v) is 6.75. The van der Waals surface area contributed by atoms with Crippen LogP contribution in [0.1, 0.15) is 36.2 Å². The minimum atomic E-state index is -0.464. The van der Waals surface area contributed by atoms with Crippen molar-refractivity contribution in [3.63, 3.8) is 0 Å². The van der Waals surface area contributed by atoms with Gasteiger partial charge in [-0.25, -0.2) is 0 Å². The summed E-state index contributed by atoms with van der Waals surface area (Å²) in [5.74, 6) is -0.218. The molecule has 2 saturated heterocycles. The number of aromatic nitrogens is 2. The summed E-state index contributed by atoms with van der Waals surface area (Å²) in [5.41, 5.74) is 0.772. The van der Waals surface area contributed by atoms with Gasteiger partial charge < -0.3 is 10.2 Å². The molecule has 1 aromatic heterocycles. The molecule has 2 N–H and O–H groups in total. The van der Waals surface area contributed by atoms with E-state index in [-0.39, 0.29) is 17.6 Å². The third-order valence-corrected chi connectivity index (χ3v) is 5.41. The summed E-state index contributed by atoms with van der Waals surface area (Å²) in [5, 5.41) is 21.3. The number of fused-ring (bicyclic) bond motifs is 3. The maximum absolute atomic E-state index is 12.6. The van der Waals surface area contributed by atoms with Crippen LogP contribution in [0.25, 0.3) is 10.9 Å². The zero-order valence-corrected chi connectivity index (χ0v) is 13.4. The quantitative estimate of drug-likeness (QED) is 0.660. The van der Waals surface area contributed by atoms with Gasteiger partial charge in [0.2, 0.25) is 0 Å². The Morgan fingerprint density at radius 2 is 2.08 bits per heavy atom. The van der Waals surface area contributed by atoms with Crippen LogP contribution in [0.4, 0.5) is 5.69 Å². The molecule has 2 fully saturated rings. The van der Waals surface area contributed by atoms with Crippen LogP contribution in [0.5, 0.6) is 0 Å². The van der Waals surface area contributed by atoms with E-state index in [1.165, 1.54) is 25.0 Å². The molecular weight excluding hydrogens is 310 g/mol. The highest BCUT2D eigenvalue weighted by molar-refractivity contribution is 6.05. The fraction of sp³-hybridized carbons (Fsp3) is 0.500. The highest BCUT2D eigenvalue weighted by Crippen LogP contribution is 2.34. The Kier molecular flexibility index (Phi) is 3.49. The monoisotopic (exact) mass is 329 g/mol. The number of carbonyl (C=O) groups excluding carboxylic acids is 1. The second kappa shape index (κ2) is 5.55. The van der Waals surface area contributed by atoms with Crippen LogP contribution in [0.3, 0.4) is 0 Å². The number of nitrogens with one attached hydrogen (secondary N) is 2. The molecule has 1 amide bonds. The smallest absolute Gasteiger partial charge is 0.272 e. The average molecular weight is 329 g/mol. The Morgan fingerprint density at radius 1 is 1.38 bits per heavy atom. The first-order valence-electron chi connectivity index (χ1n) is 8.18. The summed E-state index contributed by atoms with van der Waals surface area (Å²) in [4.78, 5) is 25.4. The van der Waals surface area contributed by atoms with Crippen LogP contribution in [0.15, 0.2) is 18.2 Å². The number of piperidine rings is 1. The first kappa shape index (κ1) is 15.1. The van der Waals surface area contributed by atoms with Crippen LogP contribution in [0, 0.1) is 10.1 Å². The Hall–Kier alpha value is -2.48. The van der Waals surface area contributed by atoms with Crippen LogP contribution in [-0.2, 0) is 0 Å². The van der Waals surface area contributed by atoms with Gasteiger partial charge in [0, 0.05) is 35.6 Å². The summed E-state index contributed by atoms with van der Waals surface area (Å²) in [7, 11) is 2.16. The Bertz CT molecular complexity index is 803. The summed E-state index contributed by atoms with van der Waals surface area (Å²) < 4.78 is 0. The van der Waals surface area contributed by atoms with E-state index >= 15 is 0 Å². The van der Waals surface area contributed by atoms with Gasteiger partial charge in [0.05, 0.1) is 10.4 Å². The molecule has 8 heteroatoms. The third-order valence-electron chi connectivity index (χ3n) is 5.41. The zero-order valence-electron chi connectivity index (χ0n) is 13.4. The number of nitro groups is 1. The lowest BCUT2D eigenvalue weighted by Crippen LogP contribution is -2.48. The summed E-state index contributed by atoms with van der Waals surface area (Å²) in [6.07, 6.45) is 4.32. The molecule has 0 radical (unpaired) electrons. The van der Waals surface area contributed by atoms with E-state index in [1.807, 2.05) is 0 Å². The Morgan fingerprint density at radius 3 is 2.75 bits per heavy atom. The number of hydrogen-bond donors (Lipinski definition) is 2. The largest absolute Gasteiger partial charge is 0.348 e. The maximum atomic E-state index is 12.6. The number of non-ortho nitro benzene ring substituents is 1. The molecule has 2 aliphatic rings. The molecule has 1 aromatic carbocycles. The van der Waals surface area contributed by atoms with Gasteiger partial charge in [-0.05, 0) is 38.8 Å². The van der Waals surface area contributed by atoms with E-state index in [1.54, 1.807) is 6.07 Å². The molecule has 126 valence electrons. The van der Waals surface area contributed by atoms with Crippen LogP contribution < -0.4 is 5.32 Å². The molecule has 3 heterocycles. The van der Waals surface area contributed by atoms with Crippen molar-refractivity contribution in [3.05, 3.63) is 34.0 Å². The number of nitro benzene ring substituents is 1. The predicted octanol–water partition coefficient (Wildman–Crippen LogP) is 1.83. The lowest BCUT2D eigenvalue weighted by atomic mass is 9.98. The van der Waals surface area contributed by atoms with Gasteiger partial charge in [0.15, 0.2) is 5.69 Å². The number of hydrogen-bond acceptors (Lipinski definition) is 5. The second-order valence-electron chi connectivity index (χ2n) is 6.75. The van der Waals surface area contributed by atoms with Crippen molar-refractivity contribution in [1.29, 1.82) is 0 Å². The van der Waals surface area contributed by atoms with Gasteiger partial charge in [-0.1, -0.05) is 0 Å². The van der Waals surface area contributed by atoms with Crippen LogP contribution in [0.2, 0.25) is 0 Å². The number of nitrogens with zero attached hydrogens (tertiary/aromatic N) is 3. The van der Waals surface area contributed by atoms with E-state index in [0.29, 0.717) is 28.7 Å². The molecule has 2 unspecified atom stereocenters. The Labute approximate surface area is 138 Å². The SMILES string of the molecule is CN1C2CCC1CC(NC(=O)c1n[nH]c3cc([N+](=O)[O-])ccc13)C2. The fourth-order valence-electron chi connectivity index (χ4n) is 4.08.